The Kier molecular flexibility index (Phi) is 3.21. The minimum absolute atomic E-state index is 0.165. The average Bonchev–Trinajstić information content (AvgIpc) is 2.89. The quantitative estimate of drug-likeness (QED) is 0.610. The van der Waals surface area contributed by atoms with Gasteiger partial charge in [-0.3, -0.25) is 0 Å². The predicted octanol–water partition coefficient (Wildman–Crippen LogP) is 5.78. The van der Waals surface area contributed by atoms with Crippen molar-refractivity contribution < 1.29 is 0 Å². The van der Waals surface area contributed by atoms with Gasteiger partial charge in [-0.15, -0.1) is 0 Å². The molecule has 0 spiro atoms. The van der Waals surface area contributed by atoms with E-state index in [-0.39, 0.29) is 5.41 Å². The molecule has 1 aromatic heterocycles. The number of aromatic amines is 1. The molecule has 0 aliphatic heterocycles. The highest BCUT2D eigenvalue weighted by Gasteiger charge is 2.14. The molecular formula is C20H21N. The van der Waals surface area contributed by atoms with Crippen molar-refractivity contribution in [3.8, 4) is 11.3 Å². The van der Waals surface area contributed by atoms with E-state index in [0.717, 1.165) is 16.8 Å². The summed E-state index contributed by atoms with van der Waals surface area (Å²) >= 11 is 0. The first kappa shape index (κ1) is 13.7. The van der Waals surface area contributed by atoms with Gasteiger partial charge < -0.3 is 4.98 Å². The zero-order chi connectivity index (χ0) is 15.0. The Labute approximate surface area is 126 Å². The number of hydrogen-bond acceptors (Lipinski definition) is 0. The number of aromatic nitrogens is 1. The van der Waals surface area contributed by atoms with Crippen molar-refractivity contribution in [1.82, 2.24) is 4.98 Å². The summed E-state index contributed by atoms with van der Waals surface area (Å²) in [7, 11) is 0. The molecule has 1 heterocycles. The molecule has 0 atom stereocenters. The Morgan fingerprint density at radius 2 is 1.81 bits per heavy atom. The van der Waals surface area contributed by atoms with E-state index in [1.165, 1.54) is 16.5 Å². The van der Waals surface area contributed by atoms with Crippen LogP contribution in [0.3, 0.4) is 0 Å². The Bertz CT molecular complexity index is 800. The summed E-state index contributed by atoms with van der Waals surface area (Å²) in [6, 6.07) is 17.3. The van der Waals surface area contributed by atoms with Gasteiger partial charge in [0.2, 0.25) is 0 Å². The number of H-pyrrole nitrogens is 1. The van der Waals surface area contributed by atoms with Gasteiger partial charge in [-0.2, -0.15) is 0 Å². The molecular weight excluding hydrogens is 254 g/mol. The maximum atomic E-state index is 3.83. The SMILES string of the molecule is C=Cc1ccc2[nH]c(-c3cccc(C(C)(C)C)c3)cc2c1. The van der Waals surface area contributed by atoms with Crippen LogP contribution in [-0.2, 0) is 5.41 Å². The monoisotopic (exact) mass is 275 g/mol. The number of hydrogen-bond donors (Lipinski definition) is 1. The molecule has 0 aliphatic rings. The van der Waals surface area contributed by atoms with Crippen LogP contribution < -0.4 is 0 Å². The smallest absolute Gasteiger partial charge is 0.0464 e. The van der Waals surface area contributed by atoms with E-state index in [0.29, 0.717) is 0 Å². The largest absolute Gasteiger partial charge is 0.355 e. The van der Waals surface area contributed by atoms with Crippen molar-refractivity contribution in [3.05, 3.63) is 66.2 Å². The van der Waals surface area contributed by atoms with E-state index in [4.69, 9.17) is 0 Å². The summed E-state index contributed by atoms with van der Waals surface area (Å²) in [5, 5.41) is 1.23. The first-order valence-electron chi connectivity index (χ1n) is 7.33. The van der Waals surface area contributed by atoms with Gasteiger partial charge in [-0.1, -0.05) is 57.7 Å². The molecule has 1 N–H and O–H groups in total. The number of benzene rings is 2. The summed E-state index contributed by atoms with van der Waals surface area (Å²) in [5.74, 6) is 0. The Balaban J connectivity index is 2.10. The Hall–Kier alpha value is -2.28. The van der Waals surface area contributed by atoms with E-state index < -0.39 is 0 Å². The van der Waals surface area contributed by atoms with E-state index in [1.54, 1.807) is 0 Å². The lowest BCUT2D eigenvalue weighted by Crippen LogP contribution is -2.10. The van der Waals surface area contributed by atoms with E-state index in [9.17, 15) is 0 Å². The summed E-state index contributed by atoms with van der Waals surface area (Å²) in [6.45, 7) is 10.6. The molecule has 0 amide bonds. The van der Waals surface area contributed by atoms with Crippen LogP contribution in [0.5, 0.6) is 0 Å². The van der Waals surface area contributed by atoms with E-state index in [2.05, 4.69) is 80.9 Å². The fraction of sp³-hybridized carbons (Fsp3) is 0.200. The van der Waals surface area contributed by atoms with Crippen LogP contribution in [0.1, 0.15) is 31.9 Å². The van der Waals surface area contributed by atoms with Gasteiger partial charge in [-0.25, -0.2) is 0 Å². The van der Waals surface area contributed by atoms with Gasteiger partial charge in [0.15, 0.2) is 0 Å². The van der Waals surface area contributed by atoms with Gasteiger partial charge in [0.1, 0.15) is 0 Å². The van der Waals surface area contributed by atoms with Crippen LogP contribution in [0.15, 0.2) is 55.1 Å². The van der Waals surface area contributed by atoms with Crippen LogP contribution in [0.2, 0.25) is 0 Å². The Morgan fingerprint density at radius 3 is 2.52 bits per heavy atom. The molecule has 0 aliphatic carbocycles. The Morgan fingerprint density at radius 1 is 1.00 bits per heavy atom. The molecule has 1 heteroatoms. The zero-order valence-corrected chi connectivity index (χ0v) is 12.9. The summed E-state index contributed by atoms with van der Waals surface area (Å²) < 4.78 is 0. The summed E-state index contributed by atoms with van der Waals surface area (Å²) in [5.41, 5.74) is 6.23. The maximum absolute atomic E-state index is 3.83. The summed E-state index contributed by atoms with van der Waals surface area (Å²) in [4.78, 5) is 3.51. The second-order valence-electron chi connectivity index (χ2n) is 6.56. The van der Waals surface area contributed by atoms with Crippen molar-refractivity contribution in [2.45, 2.75) is 26.2 Å². The fourth-order valence-corrected chi connectivity index (χ4v) is 2.59. The fourth-order valence-electron chi connectivity index (χ4n) is 2.59. The normalized spacial score (nSPS) is 11.8. The lowest BCUT2D eigenvalue weighted by atomic mass is 9.86. The highest BCUT2D eigenvalue weighted by molar-refractivity contribution is 5.87. The second kappa shape index (κ2) is 4.92. The van der Waals surface area contributed by atoms with Crippen LogP contribution in [0.4, 0.5) is 0 Å². The molecule has 0 radical (unpaired) electrons. The standard InChI is InChI=1S/C20H21N/c1-5-14-9-10-18-16(11-14)13-19(21-18)15-7-6-8-17(12-15)20(2,3)4/h5-13,21H,1H2,2-4H3. The average molecular weight is 275 g/mol. The topological polar surface area (TPSA) is 15.8 Å². The third kappa shape index (κ3) is 2.64. The van der Waals surface area contributed by atoms with Crippen molar-refractivity contribution in [2.24, 2.45) is 0 Å². The van der Waals surface area contributed by atoms with Crippen LogP contribution in [0, 0.1) is 0 Å². The van der Waals surface area contributed by atoms with Gasteiger partial charge in [0.05, 0.1) is 0 Å². The molecule has 2 aromatic carbocycles. The molecule has 21 heavy (non-hydrogen) atoms. The van der Waals surface area contributed by atoms with Gasteiger partial charge in [-0.05, 0) is 46.4 Å². The third-order valence-electron chi connectivity index (χ3n) is 3.92. The number of fused-ring (bicyclic) bond motifs is 1. The number of rotatable bonds is 2. The molecule has 0 saturated carbocycles. The highest BCUT2D eigenvalue weighted by atomic mass is 14.7. The molecule has 0 bridgehead atoms. The molecule has 106 valence electrons. The first-order valence-corrected chi connectivity index (χ1v) is 7.33. The minimum atomic E-state index is 0.165. The van der Waals surface area contributed by atoms with Gasteiger partial charge >= 0.3 is 0 Å². The minimum Gasteiger partial charge on any atom is -0.355 e. The van der Waals surface area contributed by atoms with Crippen LogP contribution in [-0.4, -0.2) is 4.98 Å². The lowest BCUT2D eigenvalue weighted by Gasteiger charge is -2.19. The van der Waals surface area contributed by atoms with E-state index >= 15 is 0 Å². The second-order valence-corrected chi connectivity index (χ2v) is 6.56. The van der Waals surface area contributed by atoms with Crippen molar-refractivity contribution in [2.75, 3.05) is 0 Å². The molecule has 0 unspecified atom stereocenters. The van der Waals surface area contributed by atoms with E-state index in [1.807, 2.05) is 6.08 Å². The molecule has 3 aromatic rings. The first-order chi connectivity index (χ1) is 9.97. The van der Waals surface area contributed by atoms with Gasteiger partial charge in [0, 0.05) is 16.6 Å². The van der Waals surface area contributed by atoms with Crippen molar-refractivity contribution >= 4 is 17.0 Å². The predicted molar refractivity (Wildman–Crippen MR) is 92.5 cm³/mol. The van der Waals surface area contributed by atoms with Crippen LogP contribution >= 0.6 is 0 Å². The van der Waals surface area contributed by atoms with Crippen molar-refractivity contribution in [1.29, 1.82) is 0 Å². The molecule has 0 fully saturated rings. The molecule has 1 nitrogen and oxygen atoms in total. The van der Waals surface area contributed by atoms with Crippen molar-refractivity contribution in [3.63, 3.8) is 0 Å². The maximum Gasteiger partial charge on any atom is 0.0464 e. The summed E-state index contributed by atoms with van der Waals surface area (Å²) in [6.07, 6.45) is 1.88. The third-order valence-corrected chi connectivity index (χ3v) is 3.92. The molecule has 0 saturated heterocycles. The van der Waals surface area contributed by atoms with Gasteiger partial charge in [0.25, 0.3) is 0 Å². The lowest BCUT2D eigenvalue weighted by molar-refractivity contribution is 0.590. The zero-order valence-electron chi connectivity index (χ0n) is 12.9. The van der Waals surface area contributed by atoms with Crippen LogP contribution in [0.25, 0.3) is 28.2 Å². The number of nitrogens with one attached hydrogen (secondary N) is 1. The highest BCUT2D eigenvalue weighted by Crippen LogP contribution is 2.29. The molecule has 3 rings (SSSR count).